The van der Waals surface area contributed by atoms with E-state index >= 15 is 0 Å². The van der Waals surface area contributed by atoms with Crippen molar-refractivity contribution in [3.8, 4) is 5.75 Å². The smallest absolute Gasteiger partial charge is 0.489 e. The monoisotopic (exact) mass is 324 g/mol. The average Bonchev–Trinajstić information content (AvgIpc) is 2.37. The second kappa shape index (κ2) is 6.19. The summed E-state index contributed by atoms with van der Waals surface area (Å²) in [5, 5.41) is 18.3. The molecule has 0 radical (unpaired) electrons. The summed E-state index contributed by atoms with van der Waals surface area (Å²) >= 11 is 3.38. The summed E-state index contributed by atoms with van der Waals surface area (Å²) in [5.41, 5.74) is 0.625. The van der Waals surface area contributed by atoms with E-state index in [0.717, 1.165) is 16.1 Å². The number of hydrogen-bond donors (Lipinski definition) is 2. The molecule has 0 unspecified atom stereocenters. The van der Waals surface area contributed by atoms with Gasteiger partial charge in [-0.25, -0.2) is 4.39 Å². The minimum Gasteiger partial charge on any atom is -0.489 e. The molecule has 3 nitrogen and oxygen atoms in total. The van der Waals surface area contributed by atoms with Crippen LogP contribution in [0.2, 0.25) is 0 Å². The maximum Gasteiger partial charge on any atom is 0.495 e. The summed E-state index contributed by atoms with van der Waals surface area (Å²) in [6, 6.07) is 11.6. The van der Waals surface area contributed by atoms with Gasteiger partial charge in [-0.15, -0.1) is 0 Å². The van der Waals surface area contributed by atoms with Crippen LogP contribution in [0.15, 0.2) is 46.9 Å². The van der Waals surface area contributed by atoms with Crippen LogP contribution in [0.5, 0.6) is 5.75 Å². The number of hydrogen-bond acceptors (Lipinski definition) is 3. The molecule has 2 N–H and O–H groups in total. The SMILES string of the molecule is OB(O)c1c(F)cccc1OCc1ccccc1Br. The van der Waals surface area contributed by atoms with E-state index in [1.54, 1.807) is 0 Å². The van der Waals surface area contributed by atoms with Gasteiger partial charge in [-0.2, -0.15) is 0 Å². The molecule has 98 valence electrons. The predicted octanol–water partition coefficient (Wildman–Crippen LogP) is 1.85. The first-order chi connectivity index (χ1) is 9.09. The fourth-order valence-corrected chi connectivity index (χ4v) is 2.06. The maximum absolute atomic E-state index is 13.5. The molecule has 0 aliphatic rings. The van der Waals surface area contributed by atoms with E-state index in [1.165, 1.54) is 12.1 Å². The highest BCUT2D eigenvalue weighted by Gasteiger charge is 2.22. The molecular weight excluding hydrogens is 314 g/mol. The first-order valence-electron chi connectivity index (χ1n) is 5.60. The van der Waals surface area contributed by atoms with E-state index in [1.807, 2.05) is 24.3 Å². The van der Waals surface area contributed by atoms with Crippen LogP contribution in [0, 0.1) is 5.82 Å². The Morgan fingerprint density at radius 1 is 1.11 bits per heavy atom. The Balaban J connectivity index is 2.21. The topological polar surface area (TPSA) is 49.7 Å². The largest absolute Gasteiger partial charge is 0.495 e. The van der Waals surface area contributed by atoms with E-state index < -0.39 is 12.9 Å². The molecule has 0 saturated carbocycles. The Kier molecular flexibility index (Phi) is 4.58. The molecule has 19 heavy (non-hydrogen) atoms. The van der Waals surface area contributed by atoms with Crippen molar-refractivity contribution in [2.75, 3.05) is 0 Å². The van der Waals surface area contributed by atoms with Gasteiger partial charge in [0.05, 0.1) is 5.46 Å². The van der Waals surface area contributed by atoms with E-state index in [-0.39, 0.29) is 17.8 Å². The van der Waals surface area contributed by atoms with Gasteiger partial charge in [0.1, 0.15) is 18.2 Å². The minimum absolute atomic E-state index is 0.116. The van der Waals surface area contributed by atoms with Crippen LogP contribution in [-0.4, -0.2) is 17.2 Å². The van der Waals surface area contributed by atoms with Crippen LogP contribution in [0.1, 0.15) is 5.56 Å². The van der Waals surface area contributed by atoms with Gasteiger partial charge in [-0.05, 0) is 18.2 Å². The third kappa shape index (κ3) is 3.35. The molecule has 0 amide bonds. The van der Waals surface area contributed by atoms with Crippen molar-refractivity contribution >= 4 is 28.5 Å². The fourth-order valence-electron chi connectivity index (χ4n) is 1.66. The van der Waals surface area contributed by atoms with E-state index in [2.05, 4.69) is 15.9 Å². The lowest BCUT2D eigenvalue weighted by atomic mass is 9.79. The van der Waals surface area contributed by atoms with Gasteiger partial charge in [-0.3, -0.25) is 0 Å². The summed E-state index contributed by atoms with van der Waals surface area (Å²) in [5.74, 6) is -0.592. The summed E-state index contributed by atoms with van der Waals surface area (Å²) in [7, 11) is -1.91. The lowest BCUT2D eigenvalue weighted by molar-refractivity contribution is 0.304. The normalized spacial score (nSPS) is 10.3. The molecule has 0 spiro atoms. The van der Waals surface area contributed by atoms with Crippen LogP contribution in [-0.2, 0) is 6.61 Å². The van der Waals surface area contributed by atoms with Gasteiger partial charge in [0.25, 0.3) is 0 Å². The molecule has 0 aliphatic carbocycles. The van der Waals surface area contributed by atoms with E-state index in [9.17, 15) is 4.39 Å². The zero-order chi connectivity index (χ0) is 13.8. The van der Waals surface area contributed by atoms with E-state index in [4.69, 9.17) is 14.8 Å². The van der Waals surface area contributed by atoms with Gasteiger partial charge in [-0.1, -0.05) is 40.2 Å². The molecule has 0 aliphatic heterocycles. The Labute approximate surface area is 118 Å². The van der Waals surface area contributed by atoms with Crippen molar-refractivity contribution < 1.29 is 19.2 Å². The van der Waals surface area contributed by atoms with Crippen molar-refractivity contribution in [2.45, 2.75) is 6.61 Å². The van der Waals surface area contributed by atoms with Crippen molar-refractivity contribution in [1.82, 2.24) is 0 Å². The Morgan fingerprint density at radius 3 is 2.53 bits per heavy atom. The van der Waals surface area contributed by atoms with Crippen LogP contribution in [0.4, 0.5) is 4.39 Å². The molecule has 0 saturated heterocycles. The van der Waals surface area contributed by atoms with Crippen molar-refractivity contribution in [2.24, 2.45) is 0 Å². The fraction of sp³-hybridized carbons (Fsp3) is 0.0769. The van der Waals surface area contributed by atoms with Gasteiger partial charge < -0.3 is 14.8 Å². The first kappa shape index (κ1) is 14.1. The van der Waals surface area contributed by atoms with Crippen molar-refractivity contribution in [1.29, 1.82) is 0 Å². The van der Waals surface area contributed by atoms with Crippen LogP contribution < -0.4 is 10.2 Å². The van der Waals surface area contributed by atoms with Crippen molar-refractivity contribution in [3.05, 3.63) is 58.3 Å². The third-order valence-electron chi connectivity index (χ3n) is 2.61. The molecule has 6 heteroatoms. The molecule has 2 rings (SSSR count). The number of halogens is 2. The lowest BCUT2D eigenvalue weighted by Gasteiger charge is -2.12. The molecule has 0 bridgehead atoms. The Morgan fingerprint density at radius 2 is 1.84 bits per heavy atom. The quantitative estimate of drug-likeness (QED) is 0.844. The number of rotatable bonds is 4. The standard InChI is InChI=1S/C13H11BBrFO3/c15-10-5-2-1-4-9(10)8-19-12-7-3-6-11(16)13(12)14(17)18/h1-7,17-18H,8H2. The van der Waals surface area contributed by atoms with Gasteiger partial charge >= 0.3 is 7.12 Å². The highest BCUT2D eigenvalue weighted by Crippen LogP contribution is 2.18. The summed E-state index contributed by atoms with van der Waals surface area (Å²) in [6.45, 7) is 0.199. The van der Waals surface area contributed by atoms with Gasteiger partial charge in [0.15, 0.2) is 0 Å². The summed E-state index contributed by atoms with van der Waals surface area (Å²) < 4.78 is 19.8. The maximum atomic E-state index is 13.5. The Bertz CT molecular complexity index is 578. The number of ether oxygens (including phenoxy) is 1. The minimum atomic E-state index is -1.91. The zero-order valence-corrected chi connectivity index (χ0v) is 11.5. The van der Waals surface area contributed by atoms with Crippen LogP contribution >= 0.6 is 15.9 Å². The molecule has 0 heterocycles. The molecular formula is C13H11BBrFO3. The zero-order valence-electron chi connectivity index (χ0n) is 9.88. The number of benzene rings is 2. The van der Waals surface area contributed by atoms with Gasteiger partial charge in [0, 0.05) is 10.0 Å². The highest BCUT2D eigenvalue weighted by atomic mass is 79.9. The Hall–Kier alpha value is -1.37. The molecule has 0 aromatic heterocycles. The summed E-state index contributed by atoms with van der Waals surface area (Å²) in [4.78, 5) is 0. The van der Waals surface area contributed by atoms with E-state index in [0.29, 0.717) is 0 Å². The second-order valence-electron chi connectivity index (χ2n) is 3.91. The first-order valence-corrected chi connectivity index (χ1v) is 6.39. The van der Waals surface area contributed by atoms with Crippen molar-refractivity contribution in [3.63, 3.8) is 0 Å². The van der Waals surface area contributed by atoms with Gasteiger partial charge in [0.2, 0.25) is 0 Å². The molecule has 2 aromatic rings. The van der Waals surface area contributed by atoms with Crippen LogP contribution in [0.3, 0.4) is 0 Å². The average molecular weight is 325 g/mol. The van der Waals surface area contributed by atoms with Crippen LogP contribution in [0.25, 0.3) is 0 Å². The lowest BCUT2D eigenvalue weighted by Crippen LogP contribution is -2.34. The predicted molar refractivity (Wildman–Crippen MR) is 74.7 cm³/mol. The molecule has 2 aromatic carbocycles. The highest BCUT2D eigenvalue weighted by molar-refractivity contribution is 9.10. The molecule has 0 fully saturated rings. The third-order valence-corrected chi connectivity index (χ3v) is 3.39. The summed E-state index contributed by atoms with van der Waals surface area (Å²) in [6.07, 6.45) is 0. The molecule has 0 atom stereocenters. The second-order valence-corrected chi connectivity index (χ2v) is 4.76.